The van der Waals surface area contributed by atoms with Gasteiger partial charge in [-0.05, 0) is 12.1 Å². The summed E-state index contributed by atoms with van der Waals surface area (Å²) < 4.78 is 36.9. The van der Waals surface area contributed by atoms with Gasteiger partial charge in [0.2, 0.25) is 5.82 Å². The van der Waals surface area contributed by atoms with E-state index in [0.29, 0.717) is 11.3 Å². The van der Waals surface area contributed by atoms with Gasteiger partial charge >= 0.3 is 6.18 Å². The molecule has 0 saturated carbocycles. The summed E-state index contributed by atoms with van der Waals surface area (Å²) in [4.78, 5) is 10.6. The van der Waals surface area contributed by atoms with Gasteiger partial charge < -0.3 is 5.32 Å². The molecule has 94 valence electrons. The zero-order valence-corrected chi connectivity index (χ0v) is 9.36. The molecule has 0 bridgehead atoms. The molecule has 0 fully saturated rings. The van der Waals surface area contributed by atoms with Crippen LogP contribution in [0.25, 0.3) is 11.3 Å². The number of aromatic nitrogens is 3. The van der Waals surface area contributed by atoms with Crippen LogP contribution in [-0.2, 0) is 6.18 Å². The molecule has 0 aromatic carbocycles. The summed E-state index contributed by atoms with van der Waals surface area (Å²) in [6, 6.07) is 3.44. The van der Waals surface area contributed by atoms with Crippen LogP contribution >= 0.6 is 0 Å². The van der Waals surface area contributed by atoms with E-state index in [1.807, 2.05) is 0 Å². The first-order chi connectivity index (χ1) is 8.50. The number of rotatable bonds is 2. The Labute approximate surface area is 101 Å². The lowest BCUT2D eigenvalue weighted by Crippen LogP contribution is -2.10. The van der Waals surface area contributed by atoms with Crippen molar-refractivity contribution in [2.24, 2.45) is 0 Å². The van der Waals surface area contributed by atoms with Gasteiger partial charge in [0, 0.05) is 36.9 Å². The first kappa shape index (κ1) is 12.3. The smallest absolute Gasteiger partial charge is 0.388 e. The van der Waals surface area contributed by atoms with Crippen molar-refractivity contribution in [3.05, 3.63) is 36.5 Å². The summed E-state index contributed by atoms with van der Waals surface area (Å²) in [5, 5.41) is 2.91. The van der Waals surface area contributed by atoms with Gasteiger partial charge in [0.05, 0.1) is 5.69 Å². The second-order valence-corrected chi connectivity index (χ2v) is 3.47. The molecule has 2 aromatic heterocycles. The summed E-state index contributed by atoms with van der Waals surface area (Å²) in [7, 11) is 1.74. The molecule has 0 saturated heterocycles. The average Bonchev–Trinajstić information content (AvgIpc) is 2.38. The Bertz CT molecular complexity index is 537. The van der Waals surface area contributed by atoms with Crippen LogP contribution in [0.3, 0.4) is 0 Å². The summed E-state index contributed by atoms with van der Waals surface area (Å²) >= 11 is 0. The lowest BCUT2D eigenvalue weighted by molar-refractivity contribution is -0.144. The van der Waals surface area contributed by atoms with Crippen LogP contribution in [0.5, 0.6) is 0 Å². The zero-order valence-electron chi connectivity index (χ0n) is 9.36. The first-order valence-electron chi connectivity index (χ1n) is 5.04. The van der Waals surface area contributed by atoms with Crippen molar-refractivity contribution in [1.82, 2.24) is 15.0 Å². The fourth-order valence-electron chi connectivity index (χ4n) is 1.35. The van der Waals surface area contributed by atoms with Crippen molar-refractivity contribution in [3.63, 3.8) is 0 Å². The number of nitrogens with one attached hydrogen (secondary N) is 1. The minimum absolute atomic E-state index is 0.431. The number of hydrogen-bond acceptors (Lipinski definition) is 4. The molecule has 18 heavy (non-hydrogen) atoms. The van der Waals surface area contributed by atoms with E-state index in [1.54, 1.807) is 25.4 Å². The molecule has 0 aliphatic rings. The van der Waals surface area contributed by atoms with E-state index < -0.39 is 12.0 Å². The molecule has 0 aliphatic carbocycles. The predicted octanol–water partition coefficient (Wildman–Crippen LogP) is 2.60. The van der Waals surface area contributed by atoms with E-state index in [4.69, 9.17) is 0 Å². The summed E-state index contributed by atoms with van der Waals surface area (Å²) in [5.74, 6) is -1.16. The van der Waals surface area contributed by atoms with Crippen molar-refractivity contribution < 1.29 is 13.2 Å². The lowest BCUT2D eigenvalue weighted by Gasteiger charge is -2.06. The number of pyridine rings is 1. The molecule has 7 heteroatoms. The molecule has 0 spiro atoms. The van der Waals surface area contributed by atoms with E-state index in [-0.39, 0.29) is 0 Å². The second kappa shape index (κ2) is 4.59. The Kier molecular flexibility index (Phi) is 3.14. The molecular formula is C11H9F3N4. The highest BCUT2D eigenvalue weighted by molar-refractivity contribution is 5.62. The average molecular weight is 254 g/mol. The minimum atomic E-state index is -4.53. The first-order valence-corrected chi connectivity index (χ1v) is 5.04. The van der Waals surface area contributed by atoms with Gasteiger partial charge in [-0.1, -0.05) is 0 Å². The standard InChI is InChI=1S/C11H9F3N4/c1-15-8-2-3-16-9(4-8)7-5-17-10(18-6-7)11(12,13)14/h2-6H,1H3,(H,15,16). The van der Waals surface area contributed by atoms with E-state index in [0.717, 1.165) is 18.1 Å². The number of nitrogens with zero attached hydrogens (tertiary/aromatic N) is 3. The largest absolute Gasteiger partial charge is 0.451 e. The van der Waals surface area contributed by atoms with Gasteiger partial charge in [-0.25, -0.2) is 9.97 Å². The molecular weight excluding hydrogens is 245 g/mol. The molecule has 1 N–H and O–H groups in total. The molecule has 2 heterocycles. The maximum atomic E-state index is 12.3. The van der Waals surface area contributed by atoms with Crippen molar-refractivity contribution in [2.75, 3.05) is 12.4 Å². The third kappa shape index (κ3) is 2.55. The number of anilines is 1. The SMILES string of the molecule is CNc1ccnc(-c2cnc(C(F)(F)F)nc2)c1. The van der Waals surface area contributed by atoms with Crippen LogP contribution in [-0.4, -0.2) is 22.0 Å². The van der Waals surface area contributed by atoms with Crippen molar-refractivity contribution >= 4 is 5.69 Å². The lowest BCUT2D eigenvalue weighted by atomic mass is 10.2. The molecule has 2 aromatic rings. The third-order valence-electron chi connectivity index (χ3n) is 2.25. The van der Waals surface area contributed by atoms with E-state index in [9.17, 15) is 13.2 Å². The summed E-state index contributed by atoms with van der Waals surface area (Å²) in [5.41, 5.74) is 1.75. The molecule has 2 rings (SSSR count). The molecule has 0 atom stereocenters. The number of alkyl halides is 3. The van der Waals surface area contributed by atoms with Crippen LogP contribution in [0, 0.1) is 0 Å². The molecule has 0 unspecified atom stereocenters. The van der Waals surface area contributed by atoms with Gasteiger partial charge in [0.15, 0.2) is 0 Å². The Balaban J connectivity index is 2.34. The monoisotopic (exact) mass is 254 g/mol. The van der Waals surface area contributed by atoms with Crippen LogP contribution < -0.4 is 5.32 Å². The van der Waals surface area contributed by atoms with Gasteiger partial charge in [-0.15, -0.1) is 0 Å². The normalized spacial score (nSPS) is 11.3. The van der Waals surface area contributed by atoms with Crippen molar-refractivity contribution in [2.45, 2.75) is 6.18 Å². The van der Waals surface area contributed by atoms with Crippen molar-refractivity contribution in [1.29, 1.82) is 0 Å². The maximum absolute atomic E-state index is 12.3. The molecule has 4 nitrogen and oxygen atoms in total. The Morgan fingerprint density at radius 1 is 1.11 bits per heavy atom. The van der Waals surface area contributed by atoms with Gasteiger partial charge in [-0.3, -0.25) is 4.98 Å². The van der Waals surface area contributed by atoms with Gasteiger partial charge in [-0.2, -0.15) is 13.2 Å². The minimum Gasteiger partial charge on any atom is -0.388 e. The Hall–Kier alpha value is -2.18. The predicted molar refractivity (Wildman–Crippen MR) is 59.8 cm³/mol. The Morgan fingerprint density at radius 2 is 1.78 bits per heavy atom. The molecule has 0 amide bonds. The highest BCUT2D eigenvalue weighted by Crippen LogP contribution is 2.26. The highest BCUT2D eigenvalue weighted by Gasteiger charge is 2.34. The maximum Gasteiger partial charge on any atom is 0.451 e. The van der Waals surface area contributed by atoms with Crippen LogP contribution in [0.2, 0.25) is 0 Å². The third-order valence-corrected chi connectivity index (χ3v) is 2.25. The fraction of sp³-hybridized carbons (Fsp3) is 0.182. The number of hydrogen-bond donors (Lipinski definition) is 1. The second-order valence-electron chi connectivity index (χ2n) is 3.47. The summed E-state index contributed by atoms with van der Waals surface area (Å²) in [6.45, 7) is 0. The van der Waals surface area contributed by atoms with E-state index in [1.165, 1.54) is 0 Å². The van der Waals surface area contributed by atoms with E-state index in [2.05, 4.69) is 20.3 Å². The number of halogens is 3. The zero-order chi connectivity index (χ0) is 13.2. The van der Waals surface area contributed by atoms with Crippen molar-refractivity contribution in [3.8, 4) is 11.3 Å². The fourth-order valence-corrected chi connectivity index (χ4v) is 1.35. The molecule has 0 aliphatic heterocycles. The van der Waals surface area contributed by atoms with Crippen LogP contribution in [0.4, 0.5) is 18.9 Å². The van der Waals surface area contributed by atoms with Gasteiger partial charge in [0.25, 0.3) is 0 Å². The highest BCUT2D eigenvalue weighted by atomic mass is 19.4. The quantitative estimate of drug-likeness (QED) is 0.895. The van der Waals surface area contributed by atoms with Crippen LogP contribution in [0.1, 0.15) is 5.82 Å². The molecule has 0 radical (unpaired) electrons. The van der Waals surface area contributed by atoms with Gasteiger partial charge in [0.1, 0.15) is 0 Å². The summed E-state index contributed by atoms with van der Waals surface area (Å²) in [6.07, 6.45) is -0.757. The topological polar surface area (TPSA) is 50.7 Å². The Morgan fingerprint density at radius 3 is 2.33 bits per heavy atom. The van der Waals surface area contributed by atoms with E-state index >= 15 is 0 Å². The van der Waals surface area contributed by atoms with Crippen LogP contribution in [0.15, 0.2) is 30.7 Å².